The number of anilines is 11. The molecule has 5 nitrogen and oxygen atoms in total. The summed E-state index contributed by atoms with van der Waals surface area (Å²) in [5, 5.41) is 2.17. The van der Waals surface area contributed by atoms with Crippen molar-refractivity contribution < 1.29 is 4.42 Å². The molecule has 82 heavy (non-hydrogen) atoms. The molecule has 404 valence electrons. The van der Waals surface area contributed by atoms with Crippen LogP contribution in [0.5, 0.6) is 0 Å². The van der Waals surface area contributed by atoms with E-state index < -0.39 is 0 Å². The number of fused-ring (bicyclic) bond motifs is 3. The predicted octanol–water partition coefficient (Wildman–Crippen LogP) is 22.2. The van der Waals surface area contributed by atoms with Crippen LogP contribution in [0, 0.1) is 69.2 Å². The van der Waals surface area contributed by atoms with E-state index in [2.05, 4.69) is 320 Å². The maximum absolute atomic E-state index is 6.48. The van der Waals surface area contributed by atoms with E-state index in [9.17, 15) is 0 Å². The summed E-state index contributed by atoms with van der Waals surface area (Å²) in [4.78, 5) is 9.34. The minimum Gasteiger partial charge on any atom is -0.456 e. The number of benzene rings is 11. The summed E-state index contributed by atoms with van der Waals surface area (Å²) in [5.74, 6) is 0. The van der Waals surface area contributed by atoms with E-state index in [4.69, 9.17) is 4.42 Å². The zero-order valence-corrected chi connectivity index (χ0v) is 49.1. The van der Waals surface area contributed by atoms with Crippen LogP contribution in [-0.2, 0) is 0 Å². The maximum Gasteiger partial charge on any atom is 0.135 e. The molecular formula is C77H70N4O. The molecule has 0 atom stereocenters. The molecule has 5 heteroatoms. The molecule has 0 bridgehead atoms. The van der Waals surface area contributed by atoms with Crippen molar-refractivity contribution in [1.82, 2.24) is 0 Å². The largest absolute Gasteiger partial charge is 0.456 e. The highest BCUT2D eigenvalue weighted by Crippen LogP contribution is 2.44. The second kappa shape index (κ2) is 21.8. The van der Waals surface area contributed by atoms with Gasteiger partial charge in [-0.05, 0) is 293 Å². The summed E-state index contributed by atoms with van der Waals surface area (Å²) in [6, 6.07) is 82.6. The van der Waals surface area contributed by atoms with Crippen LogP contribution < -0.4 is 19.6 Å². The summed E-state index contributed by atoms with van der Waals surface area (Å²) >= 11 is 0. The number of furan rings is 1. The van der Waals surface area contributed by atoms with E-state index in [1.807, 2.05) is 0 Å². The molecule has 1 heterocycles. The van der Waals surface area contributed by atoms with Crippen LogP contribution in [-0.4, -0.2) is 7.05 Å². The Morgan fingerprint density at radius 3 is 0.720 bits per heavy atom. The zero-order valence-electron chi connectivity index (χ0n) is 49.1. The van der Waals surface area contributed by atoms with E-state index in [1.54, 1.807) is 0 Å². The Balaban J connectivity index is 0.836. The van der Waals surface area contributed by atoms with Gasteiger partial charge in [-0.25, -0.2) is 0 Å². The van der Waals surface area contributed by atoms with E-state index >= 15 is 0 Å². The standard InChI is InChI=1S/C77H70N4O/c1-49-12-25-67(42-54(49)6)78(11)68-38-40-76-74(47-68)75-48-73(39-41-77(75)82-76)81(72-29-16-53(5)58(10)46-72)66-36-23-62(24-37-66)60-19-32-64(33-20-60)79(69-26-13-50(2)55(7)43-69)63-30-17-59(18-31-63)61-21-34-65(35-22-61)80(70-27-14-51(3)56(8)44-70)71-28-15-52(4)57(9)45-71/h12-48H,1-11H3. The molecular weight excluding hydrogens is 997 g/mol. The van der Waals surface area contributed by atoms with Gasteiger partial charge in [0, 0.05) is 80.4 Å². The molecule has 0 spiro atoms. The maximum atomic E-state index is 6.48. The average Bonchev–Trinajstić information content (AvgIpc) is 4.00. The number of nitrogens with zero attached hydrogens (tertiary/aromatic N) is 4. The lowest BCUT2D eigenvalue weighted by Gasteiger charge is -2.27. The molecule has 0 fully saturated rings. The summed E-state index contributed by atoms with van der Waals surface area (Å²) < 4.78 is 6.48. The first kappa shape index (κ1) is 53.1. The summed E-state index contributed by atoms with van der Waals surface area (Å²) in [6.07, 6.45) is 0. The molecule has 0 N–H and O–H groups in total. The van der Waals surface area contributed by atoms with E-state index in [-0.39, 0.29) is 0 Å². The molecule has 0 radical (unpaired) electrons. The zero-order chi connectivity index (χ0) is 56.9. The van der Waals surface area contributed by atoms with E-state index in [1.165, 1.54) is 61.2 Å². The van der Waals surface area contributed by atoms with Gasteiger partial charge in [0.25, 0.3) is 0 Å². The van der Waals surface area contributed by atoms with Crippen LogP contribution in [0.2, 0.25) is 0 Å². The third-order valence-corrected chi connectivity index (χ3v) is 17.1. The Bertz CT molecular complexity index is 4290. The van der Waals surface area contributed by atoms with Crippen molar-refractivity contribution in [3.8, 4) is 22.3 Å². The van der Waals surface area contributed by atoms with Gasteiger partial charge in [0.1, 0.15) is 11.2 Å². The van der Waals surface area contributed by atoms with Crippen LogP contribution in [0.15, 0.2) is 229 Å². The molecule has 0 amide bonds. The minimum atomic E-state index is 0.864. The Kier molecular flexibility index (Phi) is 14.1. The molecule has 0 aliphatic heterocycles. The third-order valence-electron chi connectivity index (χ3n) is 17.1. The number of hydrogen-bond donors (Lipinski definition) is 0. The van der Waals surface area contributed by atoms with Crippen LogP contribution in [0.3, 0.4) is 0 Å². The minimum absolute atomic E-state index is 0.864. The molecule has 11 aromatic carbocycles. The van der Waals surface area contributed by atoms with Gasteiger partial charge in [-0.3, -0.25) is 0 Å². The molecule has 0 unspecified atom stereocenters. The van der Waals surface area contributed by atoms with E-state index in [0.717, 1.165) is 101 Å². The molecule has 0 saturated carbocycles. The van der Waals surface area contributed by atoms with Gasteiger partial charge in [-0.1, -0.05) is 78.9 Å². The van der Waals surface area contributed by atoms with Crippen molar-refractivity contribution in [2.24, 2.45) is 0 Å². The molecule has 0 aliphatic rings. The van der Waals surface area contributed by atoms with Gasteiger partial charge < -0.3 is 24.0 Å². The lowest BCUT2D eigenvalue weighted by molar-refractivity contribution is 0.669. The molecule has 0 aliphatic carbocycles. The van der Waals surface area contributed by atoms with Crippen LogP contribution in [0.4, 0.5) is 62.6 Å². The highest BCUT2D eigenvalue weighted by molar-refractivity contribution is 6.08. The average molecular weight is 1070 g/mol. The topological polar surface area (TPSA) is 26.1 Å². The Morgan fingerprint density at radius 1 is 0.207 bits per heavy atom. The van der Waals surface area contributed by atoms with Crippen molar-refractivity contribution in [3.63, 3.8) is 0 Å². The van der Waals surface area contributed by atoms with Crippen molar-refractivity contribution >= 4 is 84.5 Å². The quantitative estimate of drug-likeness (QED) is 0.115. The van der Waals surface area contributed by atoms with Crippen LogP contribution in [0.25, 0.3) is 44.2 Å². The van der Waals surface area contributed by atoms with Gasteiger partial charge in [-0.15, -0.1) is 0 Å². The Hall–Kier alpha value is -9.58. The van der Waals surface area contributed by atoms with Crippen LogP contribution in [0.1, 0.15) is 55.6 Å². The lowest BCUT2D eigenvalue weighted by Crippen LogP contribution is -2.11. The van der Waals surface area contributed by atoms with Crippen molar-refractivity contribution in [2.45, 2.75) is 69.2 Å². The monoisotopic (exact) mass is 1070 g/mol. The lowest BCUT2D eigenvalue weighted by atomic mass is 10.0. The second-order valence-electron chi connectivity index (χ2n) is 22.6. The Labute approximate surface area is 484 Å². The van der Waals surface area contributed by atoms with Gasteiger partial charge in [-0.2, -0.15) is 0 Å². The second-order valence-corrected chi connectivity index (χ2v) is 22.6. The molecule has 1 aromatic heterocycles. The van der Waals surface area contributed by atoms with Gasteiger partial charge in [0.05, 0.1) is 0 Å². The Morgan fingerprint density at radius 2 is 0.415 bits per heavy atom. The summed E-state index contributed by atoms with van der Waals surface area (Å²) in [5.41, 5.74) is 31.3. The first-order chi connectivity index (χ1) is 39.6. The first-order valence-electron chi connectivity index (χ1n) is 28.5. The highest BCUT2D eigenvalue weighted by Gasteiger charge is 2.20. The van der Waals surface area contributed by atoms with Gasteiger partial charge in [0.15, 0.2) is 0 Å². The summed E-state index contributed by atoms with van der Waals surface area (Å²) in [7, 11) is 2.13. The molecule has 12 rings (SSSR count). The SMILES string of the molecule is Cc1ccc(N(C)c2ccc3oc4ccc(N(c5ccc(-c6ccc(N(c7ccc(-c8ccc(N(c9ccc(C)c(C)c9)c9ccc(C)c(C)c9)cc8)cc7)c7ccc(C)c(C)c7)cc6)cc5)c5ccc(C)c(C)c5)cc4c3c2)cc1C. The molecule has 0 saturated heterocycles. The highest BCUT2D eigenvalue weighted by atomic mass is 16.3. The van der Waals surface area contributed by atoms with Gasteiger partial charge >= 0.3 is 0 Å². The number of rotatable bonds is 13. The first-order valence-corrected chi connectivity index (χ1v) is 28.5. The normalized spacial score (nSPS) is 11.4. The van der Waals surface area contributed by atoms with E-state index in [0.29, 0.717) is 0 Å². The summed E-state index contributed by atoms with van der Waals surface area (Å²) in [6.45, 7) is 21.8. The van der Waals surface area contributed by atoms with Gasteiger partial charge in [0.2, 0.25) is 0 Å². The third kappa shape index (κ3) is 10.3. The van der Waals surface area contributed by atoms with Crippen molar-refractivity contribution in [1.29, 1.82) is 0 Å². The fraction of sp³-hybridized carbons (Fsp3) is 0.143. The smallest absolute Gasteiger partial charge is 0.135 e. The fourth-order valence-electron chi connectivity index (χ4n) is 11.2. The van der Waals surface area contributed by atoms with Crippen molar-refractivity contribution in [2.75, 3.05) is 26.6 Å². The number of aryl methyl sites for hydroxylation is 10. The number of hydrogen-bond acceptors (Lipinski definition) is 5. The molecule has 12 aromatic rings. The van der Waals surface area contributed by atoms with Crippen molar-refractivity contribution in [3.05, 3.63) is 280 Å². The predicted molar refractivity (Wildman–Crippen MR) is 351 cm³/mol. The fourth-order valence-corrected chi connectivity index (χ4v) is 11.2. The van der Waals surface area contributed by atoms with Crippen LogP contribution >= 0.6 is 0 Å².